The van der Waals surface area contributed by atoms with Crippen molar-refractivity contribution in [2.75, 3.05) is 6.54 Å². The topological polar surface area (TPSA) is 76.0 Å². The highest BCUT2D eigenvalue weighted by Gasteiger charge is 2.46. The third-order valence-electron chi connectivity index (χ3n) is 5.97. The van der Waals surface area contributed by atoms with Gasteiger partial charge in [0.25, 0.3) is 0 Å². The molecule has 0 unspecified atom stereocenters. The van der Waals surface area contributed by atoms with E-state index in [0.29, 0.717) is 6.54 Å². The minimum Gasteiger partial charge on any atom is -0.353 e. The van der Waals surface area contributed by atoms with Gasteiger partial charge in [0.2, 0.25) is 11.8 Å². The molecule has 3 aromatic rings. The summed E-state index contributed by atoms with van der Waals surface area (Å²) in [5, 5.41) is 11.6. The largest absolute Gasteiger partial charge is 0.353 e. The summed E-state index contributed by atoms with van der Waals surface area (Å²) in [6.45, 7) is 4.05. The Bertz CT molecular complexity index is 1080. The molecule has 6 heteroatoms. The minimum absolute atomic E-state index is 0.0272. The Morgan fingerprint density at radius 3 is 2.60 bits per heavy atom. The molecule has 0 radical (unpaired) electrons. The van der Waals surface area contributed by atoms with E-state index in [-0.39, 0.29) is 29.7 Å². The van der Waals surface area contributed by atoms with Gasteiger partial charge in [0, 0.05) is 30.4 Å². The van der Waals surface area contributed by atoms with Gasteiger partial charge in [-0.1, -0.05) is 55.1 Å². The molecular formula is C24H26N4O2. The molecule has 154 valence electrons. The predicted molar refractivity (Wildman–Crippen MR) is 117 cm³/mol. The number of para-hydroxylation sites is 1. The predicted octanol–water partition coefficient (Wildman–Crippen LogP) is 2.63. The smallest absolute Gasteiger partial charge is 0.243 e. The summed E-state index contributed by atoms with van der Waals surface area (Å²) < 4.78 is 1.81. The summed E-state index contributed by atoms with van der Waals surface area (Å²) in [6, 6.07) is 18.2. The molecule has 0 spiro atoms. The van der Waals surface area contributed by atoms with Crippen LogP contribution in [0.1, 0.15) is 24.1 Å². The summed E-state index contributed by atoms with van der Waals surface area (Å²) in [5.74, 6) is -0.208. The van der Waals surface area contributed by atoms with Crippen molar-refractivity contribution in [2.45, 2.75) is 30.7 Å². The first-order valence-electron chi connectivity index (χ1n) is 10.2. The Morgan fingerprint density at radius 1 is 1.17 bits per heavy atom. The first-order valence-corrected chi connectivity index (χ1v) is 10.2. The van der Waals surface area contributed by atoms with Crippen LogP contribution in [0.2, 0.25) is 0 Å². The maximum absolute atomic E-state index is 12.7. The number of carbonyl (C=O) groups excluding carboxylic acids is 2. The van der Waals surface area contributed by atoms with Gasteiger partial charge >= 0.3 is 0 Å². The standard InChI is InChI=1S/C24H26N4O2/c1-3-22(29)25-16-24(17-9-5-4-6-10-17)14-18(15-24)26-23(30)13-20-19-11-7-8-12-21(19)28(2)27-20/h3-12,18H,1,13-16H2,2H3,(H,25,29)(H,26,30). The molecule has 0 saturated heterocycles. The van der Waals surface area contributed by atoms with E-state index in [1.165, 1.54) is 11.6 Å². The molecule has 1 aliphatic rings. The van der Waals surface area contributed by atoms with E-state index < -0.39 is 0 Å². The number of carbonyl (C=O) groups is 2. The molecule has 6 nitrogen and oxygen atoms in total. The summed E-state index contributed by atoms with van der Waals surface area (Å²) in [4.78, 5) is 24.4. The Kier molecular flexibility index (Phi) is 5.40. The van der Waals surface area contributed by atoms with Crippen LogP contribution in [-0.4, -0.2) is 34.2 Å². The van der Waals surface area contributed by atoms with Crippen LogP contribution < -0.4 is 10.6 Å². The third kappa shape index (κ3) is 3.85. The molecule has 0 bridgehead atoms. The zero-order valence-corrected chi connectivity index (χ0v) is 17.1. The van der Waals surface area contributed by atoms with Gasteiger partial charge in [0.1, 0.15) is 0 Å². The van der Waals surface area contributed by atoms with E-state index in [1.807, 2.05) is 54.2 Å². The highest BCUT2D eigenvalue weighted by molar-refractivity contribution is 5.88. The Balaban J connectivity index is 1.41. The third-order valence-corrected chi connectivity index (χ3v) is 5.97. The maximum Gasteiger partial charge on any atom is 0.243 e. The fraction of sp³-hybridized carbons (Fsp3) is 0.292. The van der Waals surface area contributed by atoms with Gasteiger partial charge in [0.05, 0.1) is 17.6 Å². The lowest BCUT2D eigenvalue weighted by atomic mass is 9.61. The molecular weight excluding hydrogens is 376 g/mol. The molecule has 2 amide bonds. The number of hydrogen-bond acceptors (Lipinski definition) is 3. The minimum atomic E-state index is -0.181. The molecule has 1 aromatic heterocycles. The number of hydrogen-bond donors (Lipinski definition) is 2. The van der Waals surface area contributed by atoms with Crippen molar-refractivity contribution in [3.8, 4) is 0 Å². The molecule has 0 atom stereocenters. The summed E-state index contributed by atoms with van der Waals surface area (Å²) in [5.41, 5.74) is 2.81. The van der Waals surface area contributed by atoms with Crippen molar-refractivity contribution < 1.29 is 9.59 Å². The van der Waals surface area contributed by atoms with E-state index in [1.54, 1.807) is 0 Å². The van der Waals surface area contributed by atoms with E-state index >= 15 is 0 Å². The summed E-state index contributed by atoms with van der Waals surface area (Å²) >= 11 is 0. The molecule has 0 aliphatic heterocycles. The molecule has 1 saturated carbocycles. The molecule has 1 fully saturated rings. The summed E-state index contributed by atoms with van der Waals surface area (Å²) in [6.07, 6.45) is 3.10. The lowest BCUT2D eigenvalue weighted by Crippen LogP contribution is -2.57. The van der Waals surface area contributed by atoms with Crippen LogP contribution in [0.15, 0.2) is 67.3 Å². The van der Waals surface area contributed by atoms with Gasteiger partial charge in [-0.25, -0.2) is 0 Å². The highest BCUT2D eigenvalue weighted by Crippen LogP contribution is 2.43. The number of aromatic nitrogens is 2. The SMILES string of the molecule is C=CC(=O)NCC1(c2ccccc2)CC(NC(=O)Cc2nn(C)c3ccccc23)C1. The van der Waals surface area contributed by atoms with Crippen molar-refractivity contribution in [3.63, 3.8) is 0 Å². The normalized spacial score (nSPS) is 20.4. The Labute approximate surface area is 176 Å². The number of nitrogens with one attached hydrogen (secondary N) is 2. The van der Waals surface area contributed by atoms with Crippen molar-refractivity contribution >= 4 is 22.7 Å². The van der Waals surface area contributed by atoms with Crippen molar-refractivity contribution in [3.05, 3.63) is 78.5 Å². The molecule has 2 N–H and O–H groups in total. The Hall–Kier alpha value is -3.41. The van der Waals surface area contributed by atoms with Gasteiger partial charge in [-0.2, -0.15) is 5.10 Å². The molecule has 4 rings (SSSR count). The average Bonchev–Trinajstić information content (AvgIpc) is 3.05. The van der Waals surface area contributed by atoms with Crippen LogP contribution in [0.5, 0.6) is 0 Å². The van der Waals surface area contributed by atoms with Crippen molar-refractivity contribution in [1.82, 2.24) is 20.4 Å². The van der Waals surface area contributed by atoms with E-state index in [9.17, 15) is 9.59 Å². The first-order chi connectivity index (χ1) is 14.5. The van der Waals surface area contributed by atoms with Crippen molar-refractivity contribution in [1.29, 1.82) is 0 Å². The van der Waals surface area contributed by atoms with E-state index in [0.717, 1.165) is 29.4 Å². The van der Waals surface area contributed by atoms with Crippen LogP contribution in [0, 0.1) is 0 Å². The number of amides is 2. The number of benzene rings is 2. The summed E-state index contributed by atoms with van der Waals surface area (Å²) in [7, 11) is 1.89. The number of nitrogens with zero attached hydrogens (tertiary/aromatic N) is 2. The van der Waals surface area contributed by atoms with Crippen LogP contribution in [0.4, 0.5) is 0 Å². The van der Waals surface area contributed by atoms with Crippen LogP contribution in [0.3, 0.4) is 0 Å². The van der Waals surface area contributed by atoms with E-state index in [4.69, 9.17) is 0 Å². The van der Waals surface area contributed by atoms with Gasteiger partial charge in [-0.05, 0) is 30.5 Å². The maximum atomic E-state index is 12.7. The Morgan fingerprint density at radius 2 is 1.87 bits per heavy atom. The second kappa shape index (κ2) is 8.14. The van der Waals surface area contributed by atoms with Crippen molar-refractivity contribution in [2.24, 2.45) is 7.05 Å². The van der Waals surface area contributed by atoms with Gasteiger partial charge in [-0.3, -0.25) is 14.3 Å². The van der Waals surface area contributed by atoms with Crippen LogP contribution in [-0.2, 0) is 28.5 Å². The van der Waals surface area contributed by atoms with Gasteiger partial charge in [-0.15, -0.1) is 0 Å². The number of fused-ring (bicyclic) bond motifs is 1. The lowest BCUT2D eigenvalue weighted by Gasteiger charge is -2.48. The molecule has 1 heterocycles. The zero-order valence-electron chi connectivity index (χ0n) is 17.1. The monoisotopic (exact) mass is 402 g/mol. The quantitative estimate of drug-likeness (QED) is 0.597. The van der Waals surface area contributed by atoms with Gasteiger partial charge in [0.15, 0.2) is 0 Å². The molecule has 1 aliphatic carbocycles. The number of rotatable bonds is 7. The second-order valence-electron chi connectivity index (χ2n) is 8.01. The zero-order chi connectivity index (χ0) is 21.1. The fourth-order valence-corrected chi connectivity index (χ4v) is 4.44. The van der Waals surface area contributed by atoms with Gasteiger partial charge < -0.3 is 10.6 Å². The second-order valence-corrected chi connectivity index (χ2v) is 8.01. The molecule has 2 aromatic carbocycles. The fourth-order valence-electron chi connectivity index (χ4n) is 4.44. The number of aryl methyl sites for hydroxylation is 1. The van der Waals surface area contributed by atoms with Crippen LogP contribution in [0.25, 0.3) is 10.9 Å². The van der Waals surface area contributed by atoms with Crippen LogP contribution >= 0.6 is 0 Å². The highest BCUT2D eigenvalue weighted by atomic mass is 16.2. The molecule has 30 heavy (non-hydrogen) atoms. The van der Waals surface area contributed by atoms with E-state index in [2.05, 4.69) is 34.4 Å². The first kappa shape index (κ1) is 19.9. The average molecular weight is 402 g/mol. The lowest BCUT2D eigenvalue weighted by molar-refractivity contribution is -0.122.